The Labute approximate surface area is 132 Å². The molecule has 0 spiro atoms. The van der Waals surface area contributed by atoms with Crippen molar-refractivity contribution in [1.29, 1.82) is 0 Å². The summed E-state index contributed by atoms with van der Waals surface area (Å²) in [4.78, 5) is 13.0. The van der Waals surface area contributed by atoms with Crippen LogP contribution in [-0.4, -0.2) is 53.9 Å². The zero-order valence-corrected chi connectivity index (χ0v) is 12.8. The molecule has 2 heterocycles. The lowest BCUT2D eigenvalue weighted by Crippen LogP contribution is -2.47. The fourth-order valence-electron chi connectivity index (χ4n) is 2.28. The molecule has 0 bridgehead atoms. The molecule has 23 heavy (non-hydrogen) atoms. The molecule has 0 atom stereocenters. The van der Waals surface area contributed by atoms with Gasteiger partial charge in [-0.2, -0.15) is 8.42 Å². The van der Waals surface area contributed by atoms with Crippen molar-refractivity contribution in [2.45, 2.75) is 11.4 Å². The molecule has 1 saturated heterocycles. The lowest BCUT2D eigenvalue weighted by molar-refractivity contribution is -0.132. The Kier molecular flexibility index (Phi) is 4.09. The number of rotatable bonds is 4. The van der Waals surface area contributed by atoms with E-state index >= 15 is 0 Å². The van der Waals surface area contributed by atoms with Gasteiger partial charge in [0.05, 0.1) is 25.0 Å². The number of piperazine rings is 1. The second-order valence-electron chi connectivity index (χ2n) is 5.08. The van der Waals surface area contributed by atoms with Crippen molar-refractivity contribution in [3.8, 4) is 5.69 Å². The second kappa shape index (κ2) is 6.05. The molecular weight excluding hydrogens is 325 g/mol. The molecule has 0 aliphatic carbocycles. The van der Waals surface area contributed by atoms with Crippen LogP contribution < -0.4 is 5.32 Å². The van der Waals surface area contributed by atoms with E-state index in [1.165, 1.54) is 16.8 Å². The van der Waals surface area contributed by atoms with Crippen LogP contribution in [0.2, 0.25) is 0 Å². The van der Waals surface area contributed by atoms with Gasteiger partial charge >= 0.3 is 10.2 Å². The van der Waals surface area contributed by atoms with Gasteiger partial charge in [-0.05, 0) is 18.2 Å². The number of nitrogens with zero attached hydrogens (tertiary/aromatic N) is 4. The van der Waals surface area contributed by atoms with Gasteiger partial charge in [0.2, 0.25) is 5.91 Å². The van der Waals surface area contributed by atoms with Gasteiger partial charge in [-0.1, -0.05) is 11.3 Å². The van der Waals surface area contributed by atoms with Crippen molar-refractivity contribution in [2.24, 2.45) is 0 Å². The fourth-order valence-corrected chi connectivity index (χ4v) is 2.79. The van der Waals surface area contributed by atoms with Crippen LogP contribution in [0.25, 0.3) is 5.69 Å². The van der Waals surface area contributed by atoms with E-state index in [4.69, 9.17) is 0 Å². The Balaban J connectivity index is 1.80. The van der Waals surface area contributed by atoms with Crippen molar-refractivity contribution >= 4 is 16.1 Å². The predicted molar refractivity (Wildman–Crippen MR) is 77.9 cm³/mol. The SMILES string of the molecule is O=C1CNCCN1Cc1cn(-c2cccc(S(=O)(=O)F)c2)nn1. The van der Waals surface area contributed by atoms with E-state index < -0.39 is 15.1 Å². The molecule has 3 rings (SSSR count). The quantitative estimate of drug-likeness (QED) is 0.779. The number of hydrogen-bond donors (Lipinski definition) is 1. The summed E-state index contributed by atoms with van der Waals surface area (Å²) < 4.78 is 36.3. The third-order valence-electron chi connectivity index (χ3n) is 3.44. The standard InChI is InChI=1S/C13H14FN5O3S/c14-23(21,22)12-3-1-2-11(6-12)19-9-10(16-17-19)8-18-5-4-15-7-13(18)20/h1-3,6,9,15H,4-5,7-8H2. The maximum atomic E-state index is 13.1. The first-order valence-corrected chi connectivity index (χ1v) is 8.27. The molecule has 10 heteroatoms. The topological polar surface area (TPSA) is 97.2 Å². The molecule has 1 fully saturated rings. The molecule has 1 N–H and O–H groups in total. The molecule has 0 radical (unpaired) electrons. The van der Waals surface area contributed by atoms with E-state index in [1.807, 2.05) is 0 Å². The van der Waals surface area contributed by atoms with E-state index in [0.717, 1.165) is 12.6 Å². The number of amides is 1. The summed E-state index contributed by atoms with van der Waals surface area (Å²) in [5, 5.41) is 10.8. The van der Waals surface area contributed by atoms with Gasteiger partial charge in [0.15, 0.2) is 0 Å². The Morgan fingerprint density at radius 1 is 1.35 bits per heavy atom. The zero-order chi connectivity index (χ0) is 16.4. The lowest BCUT2D eigenvalue weighted by Gasteiger charge is -2.26. The maximum Gasteiger partial charge on any atom is 0.332 e. The average molecular weight is 339 g/mol. The molecule has 122 valence electrons. The Morgan fingerprint density at radius 2 is 2.17 bits per heavy atom. The van der Waals surface area contributed by atoms with E-state index in [1.54, 1.807) is 17.2 Å². The van der Waals surface area contributed by atoms with Crippen LogP contribution in [0.5, 0.6) is 0 Å². The number of carbonyl (C=O) groups excluding carboxylic acids is 1. The summed E-state index contributed by atoms with van der Waals surface area (Å²) in [5.74, 6) is -0.0173. The molecule has 1 aromatic heterocycles. The summed E-state index contributed by atoms with van der Waals surface area (Å²) in [6.07, 6.45) is 1.58. The van der Waals surface area contributed by atoms with Crippen LogP contribution >= 0.6 is 0 Å². The number of benzene rings is 1. The van der Waals surface area contributed by atoms with E-state index in [9.17, 15) is 17.1 Å². The first-order chi connectivity index (χ1) is 10.9. The zero-order valence-electron chi connectivity index (χ0n) is 12.0. The predicted octanol–water partition coefficient (Wildman–Crippen LogP) is -0.143. The smallest absolute Gasteiger partial charge is 0.332 e. The molecule has 2 aromatic rings. The minimum atomic E-state index is -4.78. The number of nitrogens with one attached hydrogen (secondary N) is 1. The highest BCUT2D eigenvalue weighted by molar-refractivity contribution is 7.86. The summed E-state index contributed by atoms with van der Waals surface area (Å²) in [7, 11) is -4.78. The molecule has 1 aliphatic heterocycles. The lowest BCUT2D eigenvalue weighted by atomic mass is 10.3. The van der Waals surface area contributed by atoms with Crippen LogP contribution in [0.15, 0.2) is 35.4 Å². The highest BCUT2D eigenvalue weighted by Crippen LogP contribution is 2.16. The monoisotopic (exact) mass is 339 g/mol. The summed E-state index contributed by atoms with van der Waals surface area (Å²) in [5.41, 5.74) is 0.933. The van der Waals surface area contributed by atoms with Crippen LogP contribution in [-0.2, 0) is 21.6 Å². The minimum Gasteiger partial charge on any atom is -0.334 e. The summed E-state index contributed by atoms with van der Waals surface area (Å²) in [6, 6.07) is 5.34. The third-order valence-corrected chi connectivity index (χ3v) is 4.26. The fraction of sp³-hybridized carbons (Fsp3) is 0.308. The van der Waals surface area contributed by atoms with Crippen molar-refractivity contribution in [1.82, 2.24) is 25.2 Å². The molecular formula is C13H14FN5O3S. The molecule has 1 aromatic carbocycles. The third kappa shape index (κ3) is 3.54. The van der Waals surface area contributed by atoms with Crippen molar-refractivity contribution < 1.29 is 17.1 Å². The molecule has 1 aliphatic rings. The highest BCUT2D eigenvalue weighted by atomic mass is 32.3. The maximum absolute atomic E-state index is 13.1. The van der Waals surface area contributed by atoms with Crippen molar-refractivity contribution in [3.63, 3.8) is 0 Å². The first kappa shape index (κ1) is 15.6. The Hall–Kier alpha value is -2.33. The van der Waals surface area contributed by atoms with Crippen LogP contribution in [0, 0.1) is 0 Å². The Morgan fingerprint density at radius 3 is 2.91 bits per heavy atom. The number of hydrogen-bond acceptors (Lipinski definition) is 6. The van der Waals surface area contributed by atoms with Gasteiger partial charge in [-0.15, -0.1) is 8.98 Å². The second-order valence-corrected chi connectivity index (χ2v) is 6.43. The molecule has 0 unspecified atom stereocenters. The summed E-state index contributed by atoms with van der Waals surface area (Å²) in [6.45, 7) is 1.92. The van der Waals surface area contributed by atoms with E-state index in [0.29, 0.717) is 31.0 Å². The van der Waals surface area contributed by atoms with E-state index in [-0.39, 0.29) is 5.91 Å². The molecule has 8 nitrogen and oxygen atoms in total. The first-order valence-electron chi connectivity index (χ1n) is 6.88. The van der Waals surface area contributed by atoms with Crippen LogP contribution in [0.4, 0.5) is 3.89 Å². The van der Waals surface area contributed by atoms with Gasteiger partial charge in [-0.25, -0.2) is 4.68 Å². The average Bonchev–Trinajstić information content (AvgIpc) is 2.98. The molecule has 1 amide bonds. The van der Waals surface area contributed by atoms with Gasteiger partial charge in [0.25, 0.3) is 0 Å². The van der Waals surface area contributed by atoms with Gasteiger partial charge in [0.1, 0.15) is 10.6 Å². The van der Waals surface area contributed by atoms with Gasteiger partial charge in [0, 0.05) is 13.1 Å². The largest absolute Gasteiger partial charge is 0.334 e. The Bertz CT molecular complexity index is 836. The normalized spacial score (nSPS) is 15.9. The number of aromatic nitrogens is 3. The van der Waals surface area contributed by atoms with Crippen molar-refractivity contribution in [3.05, 3.63) is 36.2 Å². The molecule has 0 saturated carbocycles. The van der Waals surface area contributed by atoms with Crippen LogP contribution in [0.1, 0.15) is 5.69 Å². The van der Waals surface area contributed by atoms with Crippen molar-refractivity contribution in [2.75, 3.05) is 19.6 Å². The van der Waals surface area contributed by atoms with E-state index in [2.05, 4.69) is 15.6 Å². The number of carbonyl (C=O) groups is 1. The minimum absolute atomic E-state index is 0.0173. The van der Waals surface area contributed by atoms with Gasteiger partial charge in [-0.3, -0.25) is 4.79 Å². The van der Waals surface area contributed by atoms with Gasteiger partial charge < -0.3 is 10.2 Å². The highest BCUT2D eigenvalue weighted by Gasteiger charge is 2.19. The van der Waals surface area contributed by atoms with Crippen LogP contribution in [0.3, 0.4) is 0 Å². The number of halogens is 1. The summed E-state index contributed by atoms with van der Waals surface area (Å²) >= 11 is 0.